The van der Waals surface area contributed by atoms with E-state index in [0.29, 0.717) is 47.3 Å². The highest BCUT2D eigenvalue weighted by atomic mass is 19.1. The molecule has 0 spiro atoms. The number of amides is 2. The summed E-state index contributed by atoms with van der Waals surface area (Å²) in [4.78, 5) is 38.6. The van der Waals surface area contributed by atoms with E-state index < -0.39 is 11.6 Å². The third-order valence-corrected chi connectivity index (χ3v) is 6.09. The van der Waals surface area contributed by atoms with Gasteiger partial charge < -0.3 is 30.0 Å². The van der Waals surface area contributed by atoms with Crippen LogP contribution in [0.1, 0.15) is 31.1 Å². The van der Waals surface area contributed by atoms with Gasteiger partial charge in [-0.1, -0.05) is 0 Å². The van der Waals surface area contributed by atoms with Crippen molar-refractivity contribution in [1.29, 1.82) is 0 Å². The fourth-order valence-corrected chi connectivity index (χ4v) is 4.21. The highest BCUT2D eigenvalue weighted by Crippen LogP contribution is 2.30. The molecule has 0 unspecified atom stereocenters. The number of H-pyrrole nitrogens is 1. The van der Waals surface area contributed by atoms with Gasteiger partial charge in [0.25, 0.3) is 5.91 Å². The third-order valence-electron chi connectivity index (χ3n) is 6.09. The maximum Gasteiger partial charge on any atom is 0.407 e. The molecule has 1 aliphatic rings. The normalized spacial score (nSPS) is 13.6. The topological polar surface area (TPSA) is 121 Å². The van der Waals surface area contributed by atoms with Crippen molar-refractivity contribution in [2.45, 2.75) is 32.4 Å². The van der Waals surface area contributed by atoms with Crippen molar-refractivity contribution in [3.8, 4) is 17.1 Å². The van der Waals surface area contributed by atoms with Crippen molar-refractivity contribution in [3.63, 3.8) is 0 Å². The van der Waals surface area contributed by atoms with Gasteiger partial charge in [-0.05, 0) is 63.2 Å². The Morgan fingerprint density at radius 2 is 1.90 bits per heavy atom. The number of carbonyl (C=O) groups is 2. The summed E-state index contributed by atoms with van der Waals surface area (Å²) >= 11 is 0. The number of hydrogen-bond donors (Lipinski definition) is 3. The Hall–Kier alpha value is -4.67. The first-order chi connectivity index (χ1) is 18.6. The summed E-state index contributed by atoms with van der Waals surface area (Å²) in [5.74, 6) is 0.417. The summed E-state index contributed by atoms with van der Waals surface area (Å²) < 4.78 is 24.5. The molecule has 0 aliphatic carbocycles. The lowest BCUT2D eigenvalue weighted by Gasteiger charge is -2.38. The van der Waals surface area contributed by atoms with Crippen LogP contribution in [0.15, 0.2) is 54.9 Å². The zero-order valence-electron chi connectivity index (χ0n) is 22.0. The van der Waals surface area contributed by atoms with Gasteiger partial charge in [0.05, 0.1) is 44.0 Å². The molecule has 3 heterocycles. The van der Waals surface area contributed by atoms with E-state index in [1.807, 2.05) is 26.8 Å². The van der Waals surface area contributed by atoms with Crippen LogP contribution in [0.4, 0.5) is 20.7 Å². The fourth-order valence-electron chi connectivity index (χ4n) is 4.21. The zero-order chi connectivity index (χ0) is 27.7. The molecule has 1 aliphatic heterocycles. The average molecular weight is 533 g/mol. The Bertz CT molecular complexity index is 1540. The lowest BCUT2D eigenvalue weighted by molar-refractivity contribution is -0.00822. The van der Waals surface area contributed by atoms with Crippen LogP contribution in [-0.2, 0) is 4.74 Å². The molecule has 3 N–H and O–H groups in total. The summed E-state index contributed by atoms with van der Waals surface area (Å²) in [5, 5.41) is 6.66. The number of anilines is 2. The standard InChI is InChI=1S/C28H29FN6O4/c1-28(2,3)34-27(37)39-19-14-35(15-19)26(36)16-5-7-21(24(11-16)38-4)32-25-13-30-12-23(33-25)22-10-17-9-18(29)6-8-20(17)31-22/h5-13,19,31H,14-15H2,1-4H3,(H,32,33)(H,34,37). The van der Waals surface area contributed by atoms with Crippen LogP contribution in [0.25, 0.3) is 22.3 Å². The Labute approximate surface area is 224 Å². The number of likely N-dealkylation sites (tertiary alicyclic amines) is 1. The van der Waals surface area contributed by atoms with E-state index in [1.54, 1.807) is 41.6 Å². The number of benzene rings is 2. The van der Waals surface area contributed by atoms with E-state index in [1.165, 1.54) is 19.2 Å². The predicted molar refractivity (Wildman–Crippen MR) is 145 cm³/mol. The number of rotatable bonds is 6. The largest absolute Gasteiger partial charge is 0.495 e. The summed E-state index contributed by atoms with van der Waals surface area (Å²) in [6, 6.07) is 11.4. The van der Waals surface area contributed by atoms with Gasteiger partial charge in [0.15, 0.2) is 0 Å². The minimum Gasteiger partial charge on any atom is -0.495 e. The molecule has 1 fully saturated rings. The highest BCUT2D eigenvalue weighted by molar-refractivity contribution is 5.96. The van der Waals surface area contributed by atoms with Crippen LogP contribution in [0.5, 0.6) is 5.75 Å². The van der Waals surface area contributed by atoms with E-state index in [2.05, 4.69) is 25.6 Å². The molecule has 0 bridgehead atoms. The van der Waals surface area contributed by atoms with Crippen molar-refractivity contribution in [3.05, 3.63) is 66.2 Å². The van der Waals surface area contributed by atoms with Crippen molar-refractivity contribution in [2.75, 3.05) is 25.5 Å². The number of alkyl carbamates (subject to hydrolysis) is 1. The number of carbonyl (C=O) groups excluding carboxylic acids is 2. The summed E-state index contributed by atoms with van der Waals surface area (Å²) in [6.45, 7) is 6.25. The Morgan fingerprint density at radius 1 is 1.10 bits per heavy atom. The monoisotopic (exact) mass is 532 g/mol. The second-order valence-corrected chi connectivity index (χ2v) is 10.4. The van der Waals surface area contributed by atoms with Gasteiger partial charge in [-0.3, -0.25) is 9.78 Å². The number of ether oxygens (including phenoxy) is 2. The Morgan fingerprint density at radius 3 is 2.64 bits per heavy atom. The van der Waals surface area contributed by atoms with E-state index in [0.717, 1.165) is 10.9 Å². The van der Waals surface area contributed by atoms with Crippen molar-refractivity contribution in [2.24, 2.45) is 0 Å². The van der Waals surface area contributed by atoms with Crippen molar-refractivity contribution >= 4 is 34.4 Å². The number of halogens is 1. The van der Waals surface area contributed by atoms with Crippen LogP contribution >= 0.6 is 0 Å². The SMILES string of the molecule is COc1cc(C(=O)N2CC(OC(=O)NC(C)(C)C)C2)ccc1Nc1cncc(-c2cc3cc(F)ccc3[nH]2)n1. The van der Waals surface area contributed by atoms with Crippen LogP contribution in [0.2, 0.25) is 0 Å². The van der Waals surface area contributed by atoms with E-state index >= 15 is 0 Å². The van der Waals surface area contributed by atoms with Gasteiger partial charge in [-0.15, -0.1) is 0 Å². The molecule has 11 heteroatoms. The smallest absolute Gasteiger partial charge is 0.407 e. The van der Waals surface area contributed by atoms with Crippen LogP contribution in [0.3, 0.4) is 0 Å². The van der Waals surface area contributed by atoms with Crippen molar-refractivity contribution in [1.82, 2.24) is 25.2 Å². The molecule has 4 aromatic rings. The van der Waals surface area contributed by atoms with Crippen LogP contribution in [0, 0.1) is 5.82 Å². The second-order valence-electron chi connectivity index (χ2n) is 10.4. The van der Waals surface area contributed by atoms with Gasteiger partial charge >= 0.3 is 6.09 Å². The van der Waals surface area contributed by atoms with Crippen LogP contribution in [-0.4, -0.2) is 63.7 Å². The number of aromatic amines is 1. The Balaban J connectivity index is 1.25. The average Bonchev–Trinajstić information content (AvgIpc) is 3.28. The minimum absolute atomic E-state index is 0.187. The molecule has 0 atom stereocenters. The van der Waals surface area contributed by atoms with Gasteiger partial charge in [-0.25, -0.2) is 14.2 Å². The molecule has 1 saturated heterocycles. The van der Waals surface area contributed by atoms with Gasteiger partial charge in [0, 0.05) is 22.0 Å². The quantitative estimate of drug-likeness (QED) is 0.324. The highest BCUT2D eigenvalue weighted by Gasteiger charge is 2.34. The second kappa shape index (κ2) is 10.2. The predicted octanol–water partition coefficient (Wildman–Crippen LogP) is 4.87. The molecular weight excluding hydrogens is 503 g/mol. The molecule has 2 amide bonds. The molecule has 5 rings (SSSR count). The Kier molecular flexibility index (Phi) is 6.81. The molecule has 202 valence electrons. The van der Waals surface area contributed by atoms with E-state index in [-0.39, 0.29) is 17.8 Å². The van der Waals surface area contributed by atoms with Crippen LogP contribution < -0.4 is 15.4 Å². The summed E-state index contributed by atoms with van der Waals surface area (Å²) in [6.07, 6.45) is 2.34. The zero-order valence-corrected chi connectivity index (χ0v) is 22.0. The van der Waals surface area contributed by atoms with E-state index in [9.17, 15) is 14.0 Å². The first-order valence-electron chi connectivity index (χ1n) is 12.4. The maximum absolute atomic E-state index is 13.6. The third kappa shape index (κ3) is 5.92. The minimum atomic E-state index is -0.498. The van der Waals surface area contributed by atoms with E-state index in [4.69, 9.17) is 9.47 Å². The lowest BCUT2D eigenvalue weighted by Crippen LogP contribution is -2.56. The molecule has 0 radical (unpaired) electrons. The summed E-state index contributed by atoms with van der Waals surface area (Å²) in [7, 11) is 1.52. The van der Waals surface area contributed by atoms with Crippen molar-refractivity contribution < 1.29 is 23.5 Å². The van der Waals surface area contributed by atoms with Gasteiger partial charge in [-0.2, -0.15) is 0 Å². The number of aromatic nitrogens is 3. The first-order valence-corrected chi connectivity index (χ1v) is 12.4. The number of hydrogen-bond acceptors (Lipinski definition) is 7. The number of nitrogens with one attached hydrogen (secondary N) is 3. The summed E-state index contributed by atoms with van der Waals surface area (Å²) in [5.41, 5.74) is 2.72. The number of methoxy groups -OCH3 is 1. The molecule has 10 nitrogen and oxygen atoms in total. The van der Waals surface area contributed by atoms with Gasteiger partial charge in [0.1, 0.15) is 29.2 Å². The first kappa shape index (κ1) is 26.0. The lowest BCUT2D eigenvalue weighted by atomic mass is 10.1. The molecular formula is C28H29FN6O4. The maximum atomic E-state index is 13.6. The number of nitrogens with zero attached hydrogens (tertiary/aromatic N) is 3. The molecule has 2 aromatic heterocycles. The fraction of sp³-hybridized carbons (Fsp3) is 0.286. The number of fused-ring (bicyclic) bond motifs is 1. The molecule has 0 saturated carbocycles. The molecule has 2 aromatic carbocycles. The molecule has 39 heavy (non-hydrogen) atoms. The van der Waals surface area contributed by atoms with Gasteiger partial charge in [0.2, 0.25) is 0 Å².